The molecule has 1 heteroatoms. The zero-order chi connectivity index (χ0) is 11.4. The summed E-state index contributed by atoms with van der Waals surface area (Å²) in [5, 5.41) is 9.53. The SMILES string of the molecule is C=Cc1cc(Cc2ccccc2)ccc1O. The Bertz CT molecular complexity index is 486. The zero-order valence-corrected chi connectivity index (χ0v) is 9.06. The fraction of sp³-hybridized carbons (Fsp3) is 0.0667. The van der Waals surface area contributed by atoms with Crippen LogP contribution in [0.5, 0.6) is 5.75 Å². The van der Waals surface area contributed by atoms with Crippen LogP contribution in [0.25, 0.3) is 6.08 Å². The summed E-state index contributed by atoms with van der Waals surface area (Å²) in [6.07, 6.45) is 2.55. The summed E-state index contributed by atoms with van der Waals surface area (Å²) in [4.78, 5) is 0. The van der Waals surface area contributed by atoms with Crippen molar-refractivity contribution >= 4 is 6.08 Å². The van der Waals surface area contributed by atoms with Gasteiger partial charge in [-0.1, -0.05) is 49.1 Å². The van der Waals surface area contributed by atoms with Crippen molar-refractivity contribution in [2.45, 2.75) is 6.42 Å². The third-order valence-corrected chi connectivity index (χ3v) is 2.56. The number of benzene rings is 2. The molecule has 1 N–H and O–H groups in total. The number of aromatic hydroxyl groups is 1. The van der Waals surface area contributed by atoms with Crippen molar-refractivity contribution in [3.8, 4) is 5.75 Å². The number of rotatable bonds is 3. The lowest BCUT2D eigenvalue weighted by Crippen LogP contribution is -1.88. The molecule has 0 amide bonds. The monoisotopic (exact) mass is 210 g/mol. The van der Waals surface area contributed by atoms with Crippen LogP contribution in [0.1, 0.15) is 16.7 Å². The molecule has 0 unspecified atom stereocenters. The van der Waals surface area contributed by atoms with Gasteiger partial charge in [0, 0.05) is 5.56 Å². The molecule has 2 rings (SSSR count). The van der Waals surface area contributed by atoms with E-state index in [1.807, 2.05) is 30.3 Å². The van der Waals surface area contributed by atoms with Gasteiger partial charge in [-0.15, -0.1) is 0 Å². The Hall–Kier alpha value is -2.02. The second-order valence-corrected chi connectivity index (χ2v) is 3.76. The predicted octanol–water partition coefficient (Wildman–Crippen LogP) is 3.63. The fourth-order valence-electron chi connectivity index (χ4n) is 1.71. The summed E-state index contributed by atoms with van der Waals surface area (Å²) in [5.74, 6) is 0.284. The standard InChI is InChI=1S/C15H14O/c1-2-14-11-13(8-9-15(14)16)10-12-6-4-3-5-7-12/h2-9,11,16H,1,10H2. The Labute approximate surface area is 95.7 Å². The topological polar surface area (TPSA) is 20.2 Å². The first-order valence-electron chi connectivity index (χ1n) is 5.28. The maximum Gasteiger partial charge on any atom is 0.122 e. The van der Waals surface area contributed by atoms with E-state index in [-0.39, 0.29) is 5.75 Å². The summed E-state index contributed by atoms with van der Waals surface area (Å²) < 4.78 is 0. The third-order valence-electron chi connectivity index (χ3n) is 2.56. The number of phenols is 1. The van der Waals surface area contributed by atoms with Gasteiger partial charge >= 0.3 is 0 Å². The Morgan fingerprint density at radius 3 is 2.44 bits per heavy atom. The number of hydrogen-bond acceptors (Lipinski definition) is 1. The van der Waals surface area contributed by atoms with E-state index in [0.717, 1.165) is 12.0 Å². The van der Waals surface area contributed by atoms with E-state index >= 15 is 0 Å². The molecule has 0 aliphatic carbocycles. The predicted molar refractivity (Wildman–Crippen MR) is 67.4 cm³/mol. The van der Waals surface area contributed by atoms with Gasteiger partial charge in [0.05, 0.1) is 0 Å². The molecule has 0 fully saturated rings. The van der Waals surface area contributed by atoms with Gasteiger partial charge in [-0.3, -0.25) is 0 Å². The summed E-state index contributed by atoms with van der Waals surface area (Å²) in [6.45, 7) is 3.68. The lowest BCUT2D eigenvalue weighted by Gasteiger charge is -2.04. The quantitative estimate of drug-likeness (QED) is 0.820. The van der Waals surface area contributed by atoms with Gasteiger partial charge in [-0.2, -0.15) is 0 Å². The van der Waals surface area contributed by atoms with Gasteiger partial charge in [0.2, 0.25) is 0 Å². The van der Waals surface area contributed by atoms with Gasteiger partial charge in [0.1, 0.15) is 5.75 Å². The van der Waals surface area contributed by atoms with E-state index in [9.17, 15) is 5.11 Å². The molecule has 0 bridgehead atoms. The van der Waals surface area contributed by atoms with E-state index in [1.54, 1.807) is 12.1 Å². The minimum absolute atomic E-state index is 0.284. The molecule has 0 atom stereocenters. The maximum absolute atomic E-state index is 9.53. The van der Waals surface area contributed by atoms with Crippen molar-refractivity contribution in [2.75, 3.05) is 0 Å². The van der Waals surface area contributed by atoms with Crippen molar-refractivity contribution in [1.29, 1.82) is 0 Å². The first kappa shape index (κ1) is 10.5. The molecule has 0 spiro atoms. The normalized spacial score (nSPS) is 10.0. The van der Waals surface area contributed by atoms with Gasteiger partial charge < -0.3 is 5.11 Å². The van der Waals surface area contributed by atoms with Crippen LogP contribution in [0, 0.1) is 0 Å². The molecule has 0 radical (unpaired) electrons. The van der Waals surface area contributed by atoms with Crippen LogP contribution < -0.4 is 0 Å². The highest BCUT2D eigenvalue weighted by atomic mass is 16.3. The molecule has 0 saturated heterocycles. The van der Waals surface area contributed by atoms with Crippen molar-refractivity contribution in [2.24, 2.45) is 0 Å². The highest BCUT2D eigenvalue weighted by molar-refractivity contribution is 5.56. The Morgan fingerprint density at radius 2 is 1.75 bits per heavy atom. The highest BCUT2D eigenvalue weighted by Crippen LogP contribution is 2.21. The van der Waals surface area contributed by atoms with E-state index in [1.165, 1.54) is 11.1 Å². The summed E-state index contributed by atoms with van der Waals surface area (Å²) in [6, 6.07) is 15.9. The largest absolute Gasteiger partial charge is 0.507 e. The summed E-state index contributed by atoms with van der Waals surface area (Å²) >= 11 is 0. The number of hydrogen-bond donors (Lipinski definition) is 1. The van der Waals surface area contributed by atoms with Crippen molar-refractivity contribution < 1.29 is 5.11 Å². The molecular weight excluding hydrogens is 196 g/mol. The minimum Gasteiger partial charge on any atom is -0.507 e. The summed E-state index contributed by atoms with van der Waals surface area (Å²) in [7, 11) is 0. The van der Waals surface area contributed by atoms with Gasteiger partial charge in [0.25, 0.3) is 0 Å². The first-order chi connectivity index (χ1) is 7.79. The van der Waals surface area contributed by atoms with Crippen LogP contribution in [0.15, 0.2) is 55.1 Å². The van der Waals surface area contributed by atoms with Gasteiger partial charge in [-0.25, -0.2) is 0 Å². The molecule has 0 heterocycles. The van der Waals surface area contributed by atoms with Crippen LogP contribution in [0.3, 0.4) is 0 Å². The maximum atomic E-state index is 9.53. The molecule has 16 heavy (non-hydrogen) atoms. The fourth-order valence-corrected chi connectivity index (χ4v) is 1.71. The van der Waals surface area contributed by atoms with Gasteiger partial charge in [-0.05, 0) is 29.7 Å². The Kier molecular flexibility index (Phi) is 3.06. The van der Waals surface area contributed by atoms with Gasteiger partial charge in [0.15, 0.2) is 0 Å². The molecule has 80 valence electrons. The smallest absolute Gasteiger partial charge is 0.122 e. The Balaban J connectivity index is 2.26. The Morgan fingerprint density at radius 1 is 1.00 bits per heavy atom. The lowest BCUT2D eigenvalue weighted by atomic mass is 10.0. The van der Waals surface area contributed by atoms with Crippen molar-refractivity contribution in [3.05, 3.63) is 71.8 Å². The van der Waals surface area contributed by atoms with E-state index < -0.39 is 0 Å². The molecular formula is C15H14O. The number of phenolic OH excluding ortho intramolecular Hbond substituents is 1. The third kappa shape index (κ3) is 2.31. The molecule has 2 aromatic rings. The second kappa shape index (κ2) is 4.67. The van der Waals surface area contributed by atoms with Crippen LogP contribution in [-0.2, 0) is 6.42 Å². The minimum atomic E-state index is 0.284. The molecule has 0 aliphatic rings. The molecule has 0 aromatic heterocycles. The molecule has 2 aromatic carbocycles. The average Bonchev–Trinajstić information content (AvgIpc) is 2.33. The van der Waals surface area contributed by atoms with E-state index in [2.05, 4.69) is 18.7 Å². The second-order valence-electron chi connectivity index (χ2n) is 3.76. The van der Waals surface area contributed by atoms with Crippen LogP contribution in [-0.4, -0.2) is 5.11 Å². The average molecular weight is 210 g/mol. The lowest BCUT2D eigenvalue weighted by molar-refractivity contribution is 0.474. The molecule has 1 nitrogen and oxygen atoms in total. The van der Waals surface area contributed by atoms with Crippen LogP contribution in [0.4, 0.5) is 0 Å². The van der Waals surface area contributed by atoms with E-state index in [0.29, 0.717) is 0 Å². The highest BCUT2D eigenvalue weighted by Gasteiger charge is 2.00. The summed E-state index contributed by atoms with van der Waals surface area (Å²) in [5.41, 5.74) is 3.23. The van der Waals surface area contributed by atoms with E-state index in [4.69, 9.17) is 0 Å². The first-order valence-corrected chi connectivity index (χ1v) is 5.28. The molecule has 0 aliphatic heterocycles. The molecule has 0 saturated carbocycles. The zero-order valence-electron chi connectivity index (χ0n) is 9.06. The van der Waals surface area contributed by atoms with Crippen molar-refractivity contribution in [3.63, 3.8) is 0 Å². The van der Waals surface area contributed by atoms with Crippen molar-refractivity contribution in [1.82, 2.24) is 0 Å². The van der Waals surface area contributed by atoms with Crippen LogP contribution in [0.2, 0.25) is 0 Å². The van der Waals surface area contributed by atoms with Crippen LogP contribution >= 0.6 is 0 Å².